The molecule has 0 amide bonds. The Hall–Kier alpha value is -6.42. The highest BCUT2D eigenvalue weighted by Crippen LogP contribution is 2.56. The van der Waals surface area contributed by atoms with E-state index in [4.69, 9.17) is 4.42 Å². The van der Waals surface area contributed by atoms with Gasteiger partial charge < -0.3 is 9.32 Å². The van der Waals surface area contributed by atoms with Crippen LogP contribution in [0.5, 0.6) is 0 Å². The van der Waals surface area contributed by atoms with Crippen molar-refractivity contribution in [3.05, 3.63) is 187 Å². The number of hydrogen-bond donors (Lipinski definition) is 0. The van der Waals surface area contributed by atoms with Gasteiger partial charge in [0.1, 0.15) is 11.2 Å². The van der Waals surface area contributed by atoms with Gasteiger partial charge in [0.05, 0.1) is 0 Å². The van der Waals surface area contributed by atoms with Gasteiger partial charge in [0.15, 0.2) is 0 Å². The first-order chi connectivity index (χ1) is 26.5. The molecule has 0 fully saturated rings. The number of benzene rings is 8. The van der Waals surface area contributed by atoms with E-state index < -0.39 is 0 Å². The topological polar surface area (TPSA) is 16.4 Å². The van der Waals surface area contributed by atoms with Crippen molar-refractivity contribution in [3.63, 3.8) is 0 Å². The lowest BCUT2D eigenvalue weighted by Crippen LogP contribution is -2.14. The molecule has 0 saturated heterocycles. The summed E-state index contributed by atoms with van der Waals surface area (Å²) < 4.78 is 7.59. The lowest BCUT2D eigenvalue weighted by molar-refractivity contribution is 0.667. The number of para-hydroxylation sites is 1. The summed E-state index contributed by atoms with van der Waals surface area (Å²) in [7, 11) is 0. The first kappa shape index (κ1) is 31.1. The summed E-state index contributed by atoms with van der Waals surface area (Å²) >= 11 is 1.93. The largest absolute Gasteiger partial charge is 0.456 e. The number of anilines is 3. The summed E-state index contributed by atoms with van der Waals surface area (Å²) in [5.74, 6) is 0. The summed E-state index contributed by atoms with van der Waals surface area (Å²) in [4.78, 5) is 3.76. The molecule has 2 heterocycles. The predicted octanol–water partition coefficient (Wildman–Crippen LogP) is 15.1. The molecule has 3 heteroatoms. The Morgan fingerprint density at radius 1 is 0.463 bits per heavy atom. The van der Waals surface area contributed by atoms with E-state index in [-0.39, 0.29) is 5.41 Å². The molecule has 1 aliphatic rings. The normalized spacial score (nSPS) is 13.1. The maximum Gasteiger partial charge on any atom is 0.135 e. The minimum Gasteiger partial charge on any atom is -0.456 e. The Morgan fingerprint density at radius 3 is 1.83 bits per heavy atom. The summed E-state index contributed by atoms with van der Waals surface area (Å²) in [6.07, 6.45) is 0. The molecular formula is C51H35NOS. The molecule has 54 heavy (non-hydrogen) atoms. The molecule has 0 N–H and O–H groups in total. The van der Waals surface area contributed by atoms with Crippen molar-refractivity contribution in [1.29, 1.82) is 0 Å². The van der Waals surface area contributed by atoms with E-state index in [1.807, 2.05) is 23.5 Å². The zero-order valence-electron chi connectivity index (χ0n) is 30.0. The Labute approximate surface area is 318 Å². The maximum absolute atomic E-state index is 6.22. The molecule has 2 nitrogen and oxygen atoms in total. The first-order valence-electron chi connectivity index (χ1n) is 18.6. The third-order valence-corrected chi connectivity index (χ3v) is 12.6. The summed E-state index contributed by atoms with van der Waals surface area (Å²) in [5, 5.41) is 6.12. The van der Waals surface area contributed by atoms with Gasteiger partial charge >= 0.3 is 0 Å². The molecular weight excluding hydrogens is 675 g/mol. The molecule has 0 unspecified atom stereocenters. The fraction of sp³-hybridized carbons (Fsp3) is 0.0588. The highest BCUT2D eigenvalue weighted by Gasteiger charge is 2.38. The van der Waals surface area contributed by atoms with Crippen LogP contribution in [-0.2, 0) is 5.41 Å². The van der Waals surface area contributed by atoms with Crippen LogP contribution >= 0.6 is 11.3 Å². The molecule has 0 saturated carbocycles. The van der Waals surface area contributed by atoms with Crippen LogP contribution in [0.3, 0.4) is 0 Å². The Kier molecular flexibility index (Phi) is 6.80. The number of nitrogens with zero attached hydrogens (tertiary/aromatic N) is 1. The van der Waals surface area contributed by atoms with Crippen molar-refractivity contribution in [2.24, 2.45) is 0 Å². The van der Waals surface area contributed by atoms with Crippen molar-refractivity contribution < 1.29 is 4.42 Å². The van der Waals surface area contributed by atoms with E-state index in [2.05, 4.69) is 183 Å². The third kappa shape index (κ3) is 4.79. The Bertz CT molecular complexity index is 3070. The van der Waals surface area contributed by atoms with E-state index in [1.165, 1.54) is 64.7 Å². The van der Waals surface area contributed by atoms with Crippen LogP contribution in [0.25, 0.3) is 75.5 Å². The van der Waals surface area contributed by atoms with Gasteiger partial charge in [-0.25, -0.2) is 0 Å². The average molecular weight is 710 g/mol. The molecule has 1 aliphatic carbocycles. The van der Waals surface area contributed by atoms with Crippen LogP contribution in [0.15, 0.2) is 180 Å². The lowest BCUT2D eigenvalue weighted by atomic mass is 9.81. The van der Waals surface area contributed by atoms with Crippen LogP contribution in [0.2, 0.25) is 0 Å². The number of furan rings is 1. The number of fused-ring (bicyclic) bond motifs is 9. The van der Waals surface area contributed by atoms with E-state index in [1.54, 1.807) is 0 Å². The Balaban J connectivity index is 0.999. The van der Waals surface area contributed by atoms with Gasteiger partial charge in [0, 0.05) is 42.8 Å². The lowest BCUT2D eigenvalue weighted by Gasteiger charge is -2.26. The van der Waals surface area contributed by atoms with E-state index in [9.17, 15) is 0 Å². The van der Waals surface area contributed by atoms with Gasteiger partial charge in [0.2, 0.25) is 0 Å². The zero-order chi connectivity index (χ0) is 36.0. The van der Waals surface area contributed by atoms with Gasteiger partial charge in [-0.1, -0.05) is 123 Å². The first-order valence-corrected chi connectivity index (χ1v) is 19.4. The van der Waals surface area contributed by atoms with Gasteiger partial charge in [0.25, 0.3) is 0 Å². The molecule has 0 aliphatic heterocycles. The molecule has 0 spiro atoms. The smallest absolute Gasteiger partial charge is 0.135 e. The van der Waals surface area contributed by atoms with Gasteiger partial charge in [-0.3, -0.25) is 0 Å². The molecule has 256 valence electrons. The molecule has 0 atom stereocenters. The van der Waals surface area contributed by atoms with E-state index in [0.717, 1.165) is 39.0 Å². The van der Waals surface area contributed by atoms with E-state index in [0.29, 0.717) is 0 Å². The SMILES string of the molecule is CC1(C)c2ccc(-c3ccc(N(c4ccc(-c5ccc6ccccc6c5)cc4)c4ccc5oc6ccccc6c5c4)cc3)cc2-c2sc3ccccc3c21. The van der Waals surface area contributed by atoms with Crippen LogP contribution in [-0.4, -0.2) is 0 Å². The fourth-order valence-electron chi connectivity index (χ4n) is 8.72. The van der Waals surface area contributed by atoms with Crippen molar-refractivity contribution >= 4 is 71.2 Å². The second-order valence-corrected chi connectivity index (χ2v) is 16.0. The second kappa shape index (κ2) is 11.8. The molecule has 10 aromatic rings. The van der Waals surface area contributed by atoms with Crippen molar-refractivity contribution in [2.45, 2.75) is 19.3 Å². The second-order valence-electron chi connectivity index (χ2n) is 15.0. The third-order valence-electron chi connectivity index (χ3n) is 11.4. The summed E-state index contributed by atoms with van der Waals surface area (Å²) in [6, 6.07) is 64.0. The van der Waals surface area contributed by atoms with Gasteiger partial charge in [-0.05, 0) is 122 Å². The maximum atomic E-state index is 6.22. The van der Waals surface area contributed by atoms with Crippen LogP contribution in [0.4, 0.5) is 17.1 Å². The number of thiophene rings is 1. The quantitative estimate of drug-likeness (QED) is 0.177. The Morgan fingerprint density at radius 2 is 1.06 bits per heavy atom. The van der Waals surface area contributed by atoms with Gasteiger partial charge in [-0.15, -0.1) is 11.3 Å². The van der Waals surface area contributed by atoms with E-state index >= 15 is 0 Å². The number of hydrogen-bond acceptors (Lipinski definition) is 3. The predicted molar refractivity (Wildman–Crippen MR) is 230 cm³/mol. The minimum atomic E-state index is -0.0293. The average Bonchev–Trinajstić information content (AvgIpc) is 3.86. The van der Waals surface area contributed by atoms with Crippen LogP contribution in [0.1, 0.15) is 25.0 Å². The van der Waals surface area contributed by atoms with Crippen molar-refractivity contribution in [3.8, 4) is 32.7 Å². The fourth-order valence-corrected chi connectivity index (χ4v) is 10.1. The van der Waals surface area contributed by atoms with Crippen molar-refractivity contribution in [1.82, 2.24) is 0 Å². The standard InChI is InChI=1S/C51H35NOS/c1-51(2)45-27-21-37(30-44(45)50-49(51)42-12-6-8-14-48(42)54-50)34-19-24-39(25-20-34)52(40-26-28-47-43(31-40)41-11-5-7-13-46(41)53-47)38-22-17-33(18-23-38)36-16-15-32-9-3-4-10-35(32)29-36/h3-31H,1-2H3. The molecule has 2 aromatic heterocycles. The highest BCUT2D eigenvalue weighted by atomic mass is 32.1. The van der Waals surface area contributed by atoms with Crippen LogP contribution < -0.4 is 4.90 Å². The minimum absolute atomic E-state index is 0.0293. The highest BCUT2D eigenvalue weighted by molar-refractivity contribution is 7.22. The monoisotopic (exact) mass is 709 g/mol. The molecule has 11 rings (SSSR count). The molecule has 0 radical (unpaired) electrons. The summed E-state index contributed by atoms with van der Waals surface area (Å²) in [6.45, 7) is 4.75. The number of rotatable bonds is 5. The van der Waals surface area contributed by atoms with Crippen LogP contribution in [0, 0.1) is 0 Å². The zero-order valence-corrected chi connectivity index (χ0v) is 30.8. The molecule has 8 aromatic carbocycles. The van der Waals surface area contributed by atoms with Crippen molar-refractivity contribution in [2.75, 3.05) is 4.90 Å². The molecule has 0 bridgehead atoms. The summed E-state index contributed by atoms with van der Waals surface area (Å²) in [5.41, 5.74) is 14.1. The van der Waals surface area contributed by atoms with Gasteiger partial charge in [-0.2, -0.15) is 0 Å².